The summed E-state index contributed by atoms with van der Waals surface area (Å²) in [5, 5.41) is 3.62. The summed E-state index contributed by atoms with van der Waals surface area (Å²) in [5.41, 5.74) is 0.235. The predicted molar refractivity (Wildman–Crippen MR) is 49.2 cm³/mol. The van der Waals surface area contributed by atoms with Gasteiger partial charge in [0.25, 0.3) is 0 Å². The molecule has 2 saturated heterocycles. The van der Waals surface area contributed by atoms with Crippen molar-refractivity contribution < 1.29 is 4.74 Å². The molecule has 12 heavy (non-hydrogen) atoms. The third kappa shape index (κ3) is 1.64. The van der Waals surface area contributed by atoms with Crippen molar-refractivity contribution in [2.75, 3.05) is 0 Å². The van der Waals surface area contributed by atoms with Crippen LogP contribution in [0, 0.1) is 0 Å². The minimum Gasteiger partial charge on any atom is -0.373 e. The average molecular weight is 169 g/mol. The third-order valence-corrected chi connectivity index (χ3v) is 2.72. The fourth-order valence-corrected chi connectivity index (χ4v) is 2.35. The van der Waals surface area contributed by atoms with E-state index in [4.69, 9.17) is 4.74 Å². The van der Waals surface area contributed by atoms with Gasteiger partial charge in [0, 0.05) is 11.6 Å². The largest absolute Gasteiger partial charge is 0.373 e. The van der Waals surface area contributed by atoms with Gasteiger partial charge in [0.05, 0.1) is 12.2 Å². The van der Waals surface area contributed by atoms with Crippen LogP contribution in [-0.2, 0) is 4.74 Å². The SMILES string of the molecule is CC(C)(C)N[C@H]1C[C@@H]2CC[C@H]1O2. The zero-order valence-electron chi connectivity index (χ0n) is 8.26. The Balaban J connectivity index is 1.91. The predicted octanol–water partition coefficient (Wildman–Crippen LogP) is 1.69. The second-order valence-corrected chi connectivity index (χ2v) is 5.11. The van der Waals surface area contributed by atoms with Crippen molar-refractivity contribution in [3.05, 3.63) is 0 Å². The molecule has 2 bridgehead atoms. The number of nitrogens with one attached hydrogen (secondary N) is 1. The first-order valence-corrected chi connectivity index (χ1v) is 4.98. The fraction of sp³-hybridized carbons (Fsp3) is 1.00. The van der Waals surface area contributed by atoms with Gasteiger partial charge in [-0.2, -0.15) is 0 Å². The van der Waals surface area contributed by atoms with E-state index in [2.05, 4.69) is 26.1 Å². The van der Waals surface area contributed by atoms with Crippen molar-refractivity contribution in [1.82, 2.24) is 5.32 Å². The van der Waals surface area contributed by atoms with Gasteiger partial charge in [-0.25, -0.2) is 0 Å². The highest BCUT2D eigenvalue weighted by Gasteiger charge is 2.41. The summed E-state index contributed by atoms with van der Waals surface area (Å²) < 4.78 is 5.77. The molecule has 0 amide bonds. The Hall–Kier alpha value is -0.0800. The number of hydrogen-bond acceptors (Lipinski definition) is 2. The molecule has 70 valence electrons. The topological polar surface area (TPSA) is 21.3 Å². The molecule has 0 unspecified atom stereocenters. The van der Waals surface area contributed by atoms with E-state index in [0.717, 1.165) is 0 Å². The number of ether oxygens (including phenoxy) is 1. The maximum Gasteiger partial charge on any atom is 0.0733 e. The number of hydrogen-bond donors (Lipinski definition) is 1. The van der Waals surface area contributed by atoms with Gasteiger partial charge in [0.15, 0.2) is 0 Å². The van der Waals surface area contributed by atoms with Crippen molar-refractivity contribution in [3.63, 3.8) is 0 Å². The lowest BCUT2D eigenvalue weighted by Crippen LogP contribution is -2.48. The van der Waals surface area contributed by atoms with E-state index in [0.29, 0.717) is 18.2 Å². The van der Waals surface area contributed by atoms with Crippen LogP contribution in [0.25, 0.3) is 0 Å². The van der Waals surface area contributed by atoms with Gasteiger partial charge in [-0.1, -0.05) is 0 Å². The molecular formula is C10H19NO. The van der Waals surface area contributed by atoms with Gasteiger partial charge < -0.3 is 10.1 Å². The molecule has 2 fully saturated rings. The molecule has 1 N–H and O–H groups in total. The van der Waals surface area contributed by atoms with Gasteiger partial charge in [0.1, 0.15) is 0 Å². The molecule has 0 saturated carbocycles. The Morgan fingerprint density at radius 1 is 1.25 bits per heavy atom. The highest BCUT2D eigenvalue weighted by Crippen LogP contribution is 2.34. The summed E-state index contributed by atoms with van der Waals surface area (Å²) in [5.74, 6) is 0. The molecule has 0 aromatic carbocycles. The molecule has 0 aromatic heterocycles. The minimum atomic E-state index is 0.235. The molecule has 2 aliphatic heterocycles. The second-order valence-electron chi connectivity index (χ2n) is 5.11. The van der Waals surface area contributed by atoms with Crippen LogP contribution in [0.2, 0.25) is 0 Å². The first kappa shape index (κ1) is 8.52. The van der Waals surface area contributed by atoms with Gasteiger partial charge in [-0.3, -0.25) is 0 Å². The van der Waals surface area contributed by atoms with Gasteiger partial charge in [0.2, 0.25) is 0 Å². The van der Waals surface area contributed by atoms with Crippen molar-refractivity contribution in [2.45, 2.75) is 63.8 Å². The molecular weight excluding hydrogens is 150 g/mol. The molecule has 0 radical (unpaired) electrons. The average Bonchev–Trinajstić information content (AvgIpc) is 2.42. The highest BCUT2D eigenvalue weighted by molar-refractivity contribution is 4.96. The van der Waals surface area contributed by atoms with E-state index in [1.807, 2.05) is 0 Å². The van der Waals surface area contributed by atoms with Crippen LogP contribution in [0.5, 0.6) is 0 Å². The van der Waals surface area contributed by atoms with Crippen LogP contribution in [0.4, 0.5) is 0 Å². The van der Waals surface area contributed by atoms with Crippen LogP contribution in [0.15, 0.2) is 0 Å². The summed E-state index contributed by atoms with van der Waals surface area (Å²) in [6, 6.07) is 0.615. The summed E-state index contributed by atoms with van der Waals surface area (Å²) in [7, 11) is 0. The van der Waals surface area contributed by atoms with Crippen molar-refractivity contribution in [3.8, 4) is 0 Å². The Bertz CT molecular complexity index is 173. The lowest BCUT2D eigenvalue weighted by atomic mass is 9.93. The lowest BCUT2D eigenvalue weighted by molar-refractivity contribution is 0.0942. The Morgan fingerprint density at radius 2 is 2.00 bits per heavy atom. The normalized spacial score (nSPS) is 40.8. The Labute approximate surface area is 74.7 Å². The highest BCUT2D eigenvalue weighted by atomic mass is 16.5. The van der Waals surface area contributed by atoms with E-state index >= 15 is 0 Å². The minimum absolute atomic E-state index is 0.235. The van der Waals surface area contributed by atoms with Crippen LogP contribution in [0.1, 0.15) is 40.0 Å². The fourth-order valence-electron chi connectivity index (χ4n) is 2.35. The van der Waals surface area contributed by atoms with E-state index in [1.165, 1.54) is 19.3 Å². The van der Waals surface area contributed by atoms with E-state index in [-0.39, 0.29) is 5.54 Å². The zero-order chi connectivity index (χ0) is 8.77. The maximum atomic E-state index is 5.77. The second kappa shape index (κ2) is 2.71. The number of rotatable bonds is 1. The van der Waals surface area contributed by atoms with Crippen molar-refractivity contribution in [2.24, 2.45) is 0 Å². The molecule has 0 spiro atoms. The molecule has 2 nitrogen and oxygen atoms in total. The molecule has 2 aliphatic rings. The molecule has 2 rings (SSSR count). The standard InChI is InChI=1S/C10H19NO/c1-10(2,3)11-8-6-7-4-5-9(8)12-7/h7-9,11H,4-6H2,1-3H3/t7-,8-,9+/m0/s1. The Morgan fingerprint density at radius 3 is 2.42 bits per heavy atom. The maximum absolute atomic E-state index is 5.77. The quantitative estimate of drug-likeness (QED) is 0.645. The van der Waals surface area contributed by atoms with E-state index < -0.39 is 0 Å². The lowest BCUT2D eigenvalue weighted by Gasteiger charge is -2.29. The summed E-state index contributed by atoms with van der Waals surface area (Å²) in [4.78, 5) is 0. The molecule has 3 atom stereocenters. The summed E-state index contributed by atoms with van der Waals surface area (Å²) >= 11 is 0. The number of fused-ring (bicyclic) bond motifs is 2. The summed E-state index contributed by atoms with van der Waals surface area (Å²) in [6.07, 6.45) is 4.84. The third-order valence-electron chi connectivity index (χ3n) is 2.72. The van der Waals surface area contributed by atoms with Crippen molar-refractivity contribution >= 4 is 0 Å². The van der Waals surface area contributed by atoms with Crippen LogP contribution < -0.4 is 5.32 Å². The van der Waals surface area contributed by atoms with Gasteiger partial charge in [-0.05, 0) is 40.0 Å². The van der Waals surface area contributed by atoms with Crippen LogP contribution in [0.3, 0.4) is 0 Å². The first-order valence-electron chi connectivity index (χ1n) is 4.98. The van der Waals surface area contributed by atoms with Gasteiger partial charge >= 0.3 is 0 Å². The molecule has 0 aliphatic carbocycles. The van der Waals surface area contributed by atoms with E-state index in [9.17, 15) is 0 Å². The molecule has 2 heteroatoms. The van der Waals surface area contributed by atoms with Crippen molar-refractivity contribution in [1.29, 1.82) is 0 Å². The van der Waals surface area contributed by atoms with Gasteiger partial charge in [-0.15, -0.1) is 0 Å². The summed E-state index contributed by atoms with van der Waals surface area (Å²) in [6.45, 7) is 6.66. The first-order chi connectivity index (χ1) is 5.54. The van der Waals surface area contributed by atoms with Crippen LogP contribution >= 0.6 is 0 Å². The Kier molecular flexibility index (Phi) is 1.92. The smallest absolute Gasteiger partial charge is 0.0733 e. The molecule has 2 heterocycles. The van der Waals surface area contributed by atoms with Crippen LogP contribution in [-0.4, -0.2) is 23.8 Å². The monoisotopic (exact) mass is 169 g/mol. The zero-order valence-corrected chi connectivity index (χ0v) is 8.26. The van der Waals surface area contributed by atoms with E-state index in [1.54, 1.807) is 0 Å². The molecule has 0 aromatic rings.